The van der Waals surface area contributed by atoms with E-state index < -0.39 is 16.0 Å². The number of aliphatic carboxylic acids is 1. The summed E-state index contributed by atoms with van der Waals surface area (Å²) in [5.41, 5.74) is 0. The maximum absolute atomic E-state index is 10.8. The molecule has 0 aromatic rings. The number of hydrogen-bond acceptors (Lipinski definition) is 3. The SMILES string of the molecule is CC(C)C(CCNS(C)(=O)=O)CCC(=O)O. The Kier molecular flexibility index (Phi) is 6.59. The number of carboxylic acid groups (broad SMARTS) is 1. The number of sulfonamides is 1. The van der Waals surface area contributed by atoms with Crippen molar-refractivity contribution in [2.24, 2.45) is 11.8 Å². The van der Waals surface area contributed by atoms with Crippen molar-refractivity contribution >= 4 is 16.0 Å². The lowest BCUT2D eigenvalue weighted by Crippen LogP contribution is -2.26. The smallest absolute Gasteiger partial charge is 0.303 e. The molecule has 0 saturated heterocycles. The van der Waals surface area contributed by atoms with Gasteiger partial charge >= 0.3 is 5.97 Å². The Labute approximate surface area is 97.3 Å². The van der Waals surface area contributed by atoms with Gasteiger partial charge in [0.05, 0.1) is 6.26 Å². The van der Waals surface area contributed by atoms with Gasteiger partial charge in [0.2, 0.25) is 10.0 Å². The van der Waals surface area contributed by atoms with Gasteiger partial charge in [-0.1, -0.05) is 13.8 Å². The van der Waals surface area contributed by atoms with Gasteiger partial charge in [0.25, 0.3) is 0 Å². The number of rotatable bonds is 8. The van der Waals surface area contributed by atoms with Crippen molar-refractivity contribution in [3.05, 3.63) is 0 Å². The predicted octanol–water partition coefficient (Wildman–Crippen LogP) is 1.06. The van der Waals surface area contributed by atoms with Gasteiger partial charge in [-0.15, -0.1) is 0 Å². The third-order valence-corrected chi connectivity index (χ3v) is 3.28. The number of carbonyl (C=O) groups is 1. The molecule has 0 radical (unpaired) electrons. The van der Waals surface area contributed by atoms with E-state index in [1.165, 1.54) is 0 Å². The van der Waals surface area contributed by atoms with E-state index >= 15 is 0 Å². The van der Waals surface area contributed by atoms with E-state index in [1.807, 2.05) is 13.8 Å². The Morgan fingerprint density at radius 1 is 1.31 bits per heavy atom. The molecule has 1 unspecified atom stereocenters. The van der Waals surface area contributed by atoms with Gasteiger partial charge in [0.1, 0.15) is 0 Å². The molecule has 0 aliphatic heterocycles. The molecule has 0 rings (SSSR count). The van der Waals surface area contributed by atoms with Gasteiger partial charge in [0.15, 0.2) is 0 Å². The molecule has 16 heavy (non-hydrogen) atoms. The first-order chi connectivity index (χ1) is 7.22. The van der Waals surface area contributed by atoms with Crippen LogP contribution in [0.4, 0.5) is 0 Å². The molecule has 1 atom stereocenters. The Bertz CT molecular complexity index is 311. The summed E-state index contributed by atoms with van der Waals surface area (Å²) in [5.74, 6) is -0.201. The van der Waals surface area contributed by atoms with Gasteiger partial charge in [-0.25, -0.2) is 13.1 Å². The van der Waals surface area contributed by atoms with Crippen molar-refractivity contribution in [2.75, 3.05) is 12.8 Å². The molecule has 0 spiro atoms. The molecule has 96 valence electrons. The molecule has 0 heterocycles. The minimum Gasteiger partial charge on any atom is -0.481 e. The molecule has 5 nitrogen and oxygen atoms in total. The molecule has 2 N–H and O–H groups in total. The average molecular weight is 251 g/mol. The molecule has 0 aromatic heterocycles. The zero-order valence-electron chi connectivity index (χ0n) is 10.1. The fourth-order valence-electron chi connectivity index (χ4n) is 1.55. The highest BCUT2D eigenvalue weighted by molar-refractivity contribution is 7.88. The van der Waals surface area contributed by atoms with Crippen molar-refractivity contribution in [3.8, 4) is 0 Å². The summed E-state index contributed by atoms with van der Waals surface area (Å²) in [5, 5.41) is 8.59. The van der Waals surface area contributed by atoms with Crippen LogP contribution in [0.25, 0.3) is 0 Å². The van der Waals surface area contributed by atoms with Crippen LogP contribution in [0.15, 0.2) is 0 Å². The summed E-state index contributed by atoms with van der Waals surface area (Å²) in [7, 11) is -3.14. The van der Waals surface area contributed by atoms with E-state index in [2.05, 4.69) is 4.72 Å². The minimum absolute atomic E-state index is 0.141. The van der Waals surface area contributed by atoms with Crippen LogP contribution in [0.2, 0.25) is 0 Å². The second kappa shape index (κ2) is 6.85. The van der Waals surface area contributed by atoms with Crippen LogP contribution in [-0.4, -0.2) is 32.3 Å². The Balaban J connectivity index is 4.00. The van der Waals surface area contributed by atoms with Crippen molar-refractivity contribution in [1.82, 2.24) is 4.72 Å². The molecule has 0 fully saturated rings. The molecule has 0 aliphatic rings. The first-order valence-electron chi connectivity index (χ1n) is 5.39. The molecule has 0 bridgehead atoms. The quantitative estimate of drug-likeness (QED) is 0.675. The monoisotopic (exact) mass is 251 g/mol. The fraction of sp³-hybridized carbons (Fsp3) is 0.900. The maximum Gasteiger partial charge on any atom is 0.303 e. The summed E-state index contributed by atoms with van der Waals surface area (Å²) < 4.78 is 24.1. The molecule has 6 heteroatoms. The summed E-state index contributed by atoms with van der Waals surface area (Å²) in [6.07, 6.45) is 2.53. The van der Waals surface area contributed by atoms with Crippen LogP contribution in [0.3, 0.4) is 0 Å². The van der Waals surface area contributed by atoms with E-state index in [0.29, 0.717) is 25.3 Å². The van der Waals surface area contributed by atoms with Gasteiger partial charge < -0.3 is 5.11 Å². The van der Waals surface area contributed by atoms with Crippen LogP contribution >= 0.6 is 0 Å². The zero-order chi connectivity index (χ0) is 12.8. The minimum atomic E-state index is -3.14. The molecule has 0 aromatic carbocycles. The first kappa shape index (κ1) is 15.4. The van der Waals surface area contributed by atoms with E-state index in [1.54, 1.807) is 0 Å². The summed E-state index contributed by atoms with van der Waals surface area (Å²) in [4.78, 5) is 10.4. The normalized spacial score (nSPS) is 14.0. The number of carboxylic acids is 1. The van der Waals surface area contributed by atoms with E-state index in [0.717, 1.165) is 6.26 Å². The largest absolute Gasteiger partial charge is 0.481 e. The lowest BCUT2D eigenvalue weighted by molar-refractivity contribution is -0.137. The summed E-state index contributed by atoms with van der Waals surface area (Å²) >= 11 is 0. The van der Waals surface area contributed by atoms with Crippen LogP contribution in [0.5, 0.6) is 0 Å². The summed E-state index contributed by atoms with van der Waals surface area (Å²) in [6.45, 7) is 4.42. The molecule has 0 saturated carbocycles. The zero-order valence-corrected chi connectivity index (χ0v) is 10.9. The summed E-state index contributed by atoms with van der Waals surface area (Å²) in [6, 6.07) is 0. The molecule has 0 aliphatic carbocycles. The fourth-order valence-corrected chi connectivity index (χ4v) is 2.04. The molecular weight excluding hydrogens is 230 g/mol. The van der Waals surface area contributed by atoms with Crippen molar-refractivity contribution in [2.45, 2.75) is 33.1 Å². The first-order valence-corrected chi connectivity index (χ1v) is 7.28. The van der Waals surface area contributed by atoms with E-state index in [9.17, 15) is 13.2 Å². The van der Waals surface area contributed by atoms with Gasteiger partial charge in [-0.2, -0.15) is 0 Å². The highest BCUT2D eigenvalue weighted by Crippen LogP contribution is 2.20. The second-order valence-electron chi connectivity index (χ2n) is 4.39. The Hall–Kier alpha value is -0.620. The lowest BCUT2D eigenvalue weighted by Gasteiger charge is -2.19. The van der Waals surface area contributed by atoms with Gasteiger partial charge in [-0.05, 0) is 24.7 Å². The highest BCUT2D eigenvalue weighted by atomic mass is 32.2. The van der Waals surface area contributed by atoms with Gasteiger partial charge in [0, 0.05) is 13.0 Å². The van der Waals surface area contributed by atoms with Crippen molar-refractivity contribution < 1.29 is 18.3 Å². The topological polar surface area (TPSA) is 83.5 Å². The van der Waals surface area contributed by atoms with E-state index in [4.69, 9.17) is 5.11 Å². The maximum atomic E-state index is 10.8. The van der Waals surface area contributed by atoms with Gasteiger partial charge in [-0.3, -0.25) is 4.79 Å². The van der Waals surface area contributed by atoms with Crippen LogP contribution in [-0.2, 0) is 14.8 Å². The van der Waals surface area contributed by atoms with Crippen molar-refractivity contribution in [1.29, 1.82) is 0 Å². The van der Waals surface area contributed by atoms with Crippen LogP contribution < -0.4 is 4.72 Å². The second-order valence-corrected chi connectivity index (χ2v) is 6.22. The Morgan fingerprint density at radius 2 is 1.88 bits per heavy atom. The third-order valence-electron chi connectivity index (χ3n) is 2.55. The van der Waals surface area contributed by atoms with Crippen LogP contribution in [0, 0.1) is 11.8 Å². The number of hydrogen-bond donors (Lipinski definition) is 2. The molecular formula is C10H21NO4S. The van der Waals surface area contributed by atoms with E-state index in [-0.39, 0.29) is 12.3 Å². The standard InChI is InChI=1S/C10H21NO4S/c1-8(2)9(4-5-10(12)13)6-7-11-16(3,14)15/h8-9,11H,4-7H2,1-3H3,(H,12,13). The van der Waals surface area contributed by atoms with Crippen molar-refractivity contribution in [3.63, 3.8) is 0 Å². The highest BCUT2D eigenvalue weighted by Gasteiger charge is 2.15. The molecule has 0 amide bonds. The Morgan fingerprint density at radius 3 is 2.25 bits per heavy atom. The predicted molar refractivity (Wildman–Crippen MR) is 62.7 cm³/mol. The number of nitrogens with one attached hydrogen (secondary N) is 1. The van der Waals surface area contributed by atoms with Crippen LogP contribution in [0.1, 0.15) is 33.1 Å². The average Bonchev–Trinajstić information content (AvgIpc) is 2.07. The third kappa shape index (κ3) is 8.67. The lowest BCUT2D eigenvalue weighted by atomic mass is 9.88.